The maximum atomic E-state index is 5.62. The van der Waals surface area contributed by atoms with Crippen molar-refractivity contribution in [3.05, 3.63) is 71.8 Å². The molecule has 0 saturated heterocycles. The summed E-state index contributed by atoms with van der Waals surface area (Å²) in [5.74, 6) is 2.49. The molecule has 0 saturated carbocycles. The minimum absolute atomic E-state index is 0.0614. The third-order valence-electron chi connectivity index (χ3n) is 4.37. The molecule has 0 radical (unpaired) electrons. The van der Waals surface area contributed by atoms with Gasteiger partial charge in [-0.2, -0.15) is 5.10 Å². The van der Waals surface area contributed by atoms with Crippen LogP contribution in [0.25, 0.3) is 0 Å². The second-order valence-electron chi connectivity index (χ2n) is 6.30. The summed E-state index contributed by atoms with van der Waals surface area (Å²) in [5, 5.41) is 4.58. The van der Waals surface area contributed by atoms with E-state index in [0.29, 0.717) is 0 Å². The Labute approximate surface area is 141 Å². The van der Waals surface area contributed by atoms with Gasteiger partial charge >= 0.3 is 0 Å². The Morgan fingerprint density at radius 2 is 1.88 bits per heavy atom. The lowest BCUT2D eigenvalue weighted by atomic mass is 9.97. The quantitative estimate of drug-likeness (QED) is 0.727. The summed E-state index contributed by atoms with van der Waals surface area (Å²) in [7, 11) is 2.05. The molecule has 1 aliphatic heterocycles. The molecular formula is C19H20N4O. The van der Waals surface area contributed by atoms with E-state index in [9.17, 15) is 0 Å². The second kappa shape index (κ2) is 5.67. The van der Waals surface area contributed by atoms with Crippen LogP contribution in [0.4, 0.5) is 5.82 Å². The monoisotopic (exact) mass is 320 g/mol. The highest BCUT2D eigenvalue weighted by Crippen LogP contribution is 2.40. The topological polar surface area (TPSA) is 46.6 Å². The molecule has 1 atom stereocenters. The van der Waals surface area contributed by atoms with Gasteiger partial charge in [0, 0.05) is 18.7 Å². The third kappa shape index (κ3) is 2.24. The molecule has 0 aliphatic carbocycles. The zero-order valence-electron chi connectivity index (χ0n) is 14.0. The van der Waals surface area contributed by atoms with Crippen molar-refractivity contribution in [3.63, 3.8) is 0 Å². The molecule has 2 aromatic heterocycles. The van der Waals surface area contributed by atoms with Gasteiger partial charge in [-0.15, -0.1) is 0 Å². The van der Waals surface area contributed by atoms with Gasteiger partial charge in [-0.3, -0.25) is 0 Å². The van der Waals surface area contributed by atoms with Crippen LogP contribution in [0.15, 0.2) is 64.3 Å². The summed E-state index contributed by atoms with van der Waals surface area (Å²) in [4.78, 5) is 7.03. The molecule has 0 N–H and O–H groups in total. The molecule has 1 aliphatic rings. The Morgan fingerprint density at radius 3 is 2.54 bits per heavy atom. The number of hydrogen-bond acceptors (Lipinski definition) is 4. The van der Waals surface area contributed by atoms with E-state index in [4.69, 9.17) is 9.41 Å². The molecule has 1 aromatic carbocycles. The first kappa shape index (κ1) is 14.8. The largest absolute Gasteiger partial charge is 0.461 e. The number of benzene rings is 1. The summed E-state index contributed by atoms with van der Waals surface area (Å²) >= 11 is 0. The SMILES string of the molecule is CC(C)n1ncc2c1N=C(c1ccco1)N(C)C2c1ccccc1. The van der Waals surface area contributed by atoms with E-state index in [2.05, 4.69) is 55.2 Å². The van der Waals surface area contributed by atoms with E-state index < -0.39 is 0 Å². The Kier molecular flexibility index (Phi) is 3.49. The van der Waals surface area contributed by atoms with Crippen LogP contribution in [0.2, 0.25) is 0 Å². The molecule has 0 bridgehead atoms. The van der Waals surface area contributed by atoms with Crippen molar-refractivity contribution >= 4 is 11.7 Å². The van der Waals surface area contributed by atoms with Gasteiger partial charge < -0.3 is 9.32 Å². The summed E-state index contributed by atoms with van der Waals surface area (Å²) < 4.78 is 7.59. The fourth-order valence-electron chi connectivity index (χ4n) is 3.24. The van der Waals surface area contributed by atoms with Gasteiger partial charge in [0.15, 0.2) is 17.4 Å². The van der Waals surface area contributed by atoms with Crippen molar-refractivity contribution in [2.75, 3.05) is 7.05 Å². The Balaban J connectivity index is 1.92. The van der Waals surface area contributed by atoms with Gasteiger partial charge in [-0.1, -0.05) is 30.3 Å². The van der Waals surface area contributed by atoms with Crippen molar-refractivity contribution < 1.29 is 4.42 Å². The molecular weight excluding hydrogens is 300 g/mol. The molecule has 0 fully saturated rings. The van der Waals surface area contributed by atoms with E-state index in [1.54, 1.807) is 6.26 Å². The van der Waals surface area contributed by atoms with Crippen LogP contribution in [0.3, 0.4) is 0 Å². The number of aromatic nitrogens is 2. The Morgan fingerprint density at radius 1 is 1.08 bits per heavy atom. The minimum atomic E-state index is 0.0614. The van der Waals surface area contributed by atoms with Crippen LogP contribution in [0.5, 0.6) is 0 Å². The molecule has 0 amide bonds. The molecule has 1 unspecified atom stereocenters. The number of rotatable bonds is 3. The molecule has 3 aromatic rings. The summed E-state index contributed by atoms with van der Waals surface area (Å²) in [5.41, 5.74) is 2.33. The van der Waals surface area contributed by atoms with Crippen molar-refractivity contribution in [1.29, 1.82) is 0 Å². The average Bonchev–Trinajstić information content (AvgIpc) is 3.24. The molecule has 5 heteroatoms. The lowest BCUT2D eigenvalue weighted by Crippen LogP contribution is -2.34. The van der Waals surface area contributed by atoms with Gasteiger partial charge in [-0.05, 0) is 31.5 Å². The summed E-state index contributed by atoms with van der Waals surface area (Å²) in [6.45, 7) is 4.23. The zero-order chi connectivity index (χ0) is 16.7. The number of hydrogen-bond donors (Lipinski definition) is 0. The highest BCUT2D eigenvalue weighted by Gasteiger charge is 2.33. The summed E-state index contributed by atoms with van der Waals surface area (Å²) in [6.07, 6.45) is 3.62. The van der Waals surface area contributed by atoms with Crippen LogP contribution < -0.4 is 0 Å². The Hall–Kier alpha value is -2.82. The van der Waals surface area contributed by atoms with Crippen molar-refractivity contribution in [3.8, 4) is 0 Å². The van der Waals surface area contributed by atoms with E-state index in [1.165, 1.54) is 5.56 Å². The summed E-state index contributed by atoms with van der Waals surface area (Å²) in [6, 6.07) is 14.6. The number of nitrogens with zero attached hydrogens (tertiary/aromatic N) is 4. The first-order valence-electron chi connectivity index (χ1n) is 8.14. The fourth-order valence-corrected chi connectivity index (χ4v) is 3.24. The maximum Gasteiger partial charge on any atom is 0.174 e. The van der Waals surface area contributed by atoms with Gasteiger partial charge in [0.05, 0.1) is 18.5 Å². The predicted octanol–water partition coefficient (Wildman–Crippen LogP) is 4.17. The first-order valence-corrected chi connectivity index (χ1v) is 8.14. The smallest absolute Gasteiger partial charge is 0.174 e. The molecule has 5 nitrogen and oxygen atoms in total. The number of fused-ring (bicyclic) bond motifs is 1. The van der Waals surface area contributed by atoms with Crippen molar-refractivity contribution in [1.82, 2.24) is 14.7 Å². The second-order valence-corrected chi connectivity index (χ2v) is 6.30. The van der Waals surface area contributed by atoms with Crippen LogP contribution in [-0.4, -0.2) is 27.6 Å². The van der Waals surface area contributed by atoms with Gasteiger partial charge in [0.1, 0.15) is 0 Å². The van der Waals surface area contributed by atoms with Crippen LogP contribution >= 0.6 is 0 Å². The van der Waals surface area contributed by atoms with Gasteiger partial charge in [0.25, 0.3) is 0 Å². The molecule has 122 valence electrons. The number of amidine groups is 1. The zero-order valence-corrected chi connectivity index (χ0v) is 14.0. The number of furan rings is 1. The Bertz CT molecular complexity index is 862. The van der Waals surface area contributed by atoms with Gasteiger partial charge in [-0.25, -0.2) is 9.67 Å². The maximum absolute atomic E-state index is 5.62. The van der Waals surface area contributed by atoms with Crippen molar-refractivity contribution in [2.24, 2.45) is 4.99 Å². The molecule has 0 spiro atoms. The highest BCUT2D eigenvalue weighted by molar-refractivity contribution is 5.99. The standard InChI is InChI=1S/C19H20N4O/c1-13(2)23-18-15(12-20-23)17(14-8-5-4-6-9-14)22(3)19(21-18)16-10-7-11-24-16/h4-13,17H,1-3H3. The van der Waals surface area contributed by atoms with Gasteiger partial charge in [0.2, 0.25) is 0 Å². The minimum Gasteiger partial charge on any atom is -0.461 e. The molecule has 4 rings (SSSR count). The lowest BCUT2D eigenvalue weighted by Gasteiger charge is -2.33. The molecule has 3 heterocycles. The van der Waals surface area contributed by atoms with E-state index in [-0.39, 0.29) is 12.1 Å². The van der Waals surface area contributed by atoms with Crippen LogP contribution in [0, 0.1) is 0 Å². The lowest BCUT2D eigenvalue weighted by molar-refractivity contribution is 0.406. The number of aliphatic imine (C=N–C) groups is 1. The third-order valence-corrected chi connectivity index (χ3v) is 4.37. The highest BCUT2D eigenvalue weighted by atomic mass is 16.3. The first-order chi connectivity index (χ1) is 11.7. The van der Waals surface area contributed by atoms with Crippen molar-refractivity contribution in [2.45, 2.75) is 25.9 Å². The normalized spacial score (nSPS) is 17.1. The molecule has 24 heavy (non-hydrogen) atoms. The predicted molar refractivity (Wildman–Crippen MR) is 93.6 cm³/mol. The van der Waals surface area contributed by atoms with E-state index >= 15 is 0 Å². The van der Waals surface area contributed by atoms with E-state index in [1.807, 2.05) is 29.1 Å². The van der Waals surface area contributed by atoms with Crippen LogP contribution in [0.1, 0.15) is 42.8 Å². The average molecular weight is 320 g/mol. The van der Waals surface area contributed by atoms with E-state index in [0.717, 1.165) is 23.0 Å². The fraction of sp³-hybridized carbons (Fsp3) is 0.263. The van der Waals surface area contributed by atoms with Crippen LogP contribution in [-0.2, 0) is 0 Å².